The highest BCUT2D eigenvalue weighted by Gasteiger charge is 2.26. The molecule has 0 aromatic carbocycles. The number of carbonyl (C=O) groups is 1. The number of nitrogens with one attached hydrogen (secondary N) is 3. The van der Waals surface area contributed by atoms with Gasteiger partial charge in [0.1, 0.15) is 5.82 Å². The summed E-state index contributed by atoms with van der Waals surface area (Å²) >= 11 is 0. The largest absolute Gasteiger partial charge is 0.361 e. The number of amides is 1. The van der Waals surface area contributed by atoms with Crippen LogP contribution in [-0.2, 0) is 11.3 Å². The molecule has 0 spiro atoms. The molecule has 0 unspecified atom stereocenters. The average Bonchev–Trinajstić information content (AvgIpc) is 3.54. The summed E-state index contributed by atoms with van der Waals surface area (Å²) < 4.78 is 0. The summed E-state index contributed by atoms with van der Waals surface area (Å²) in [7, 11) is 0. The van der Waals surface area contributed by atoms with E-state index in [0.29, 0.717) is 30.7 Å². The number of carbonyl (C=O) groups excluding carboxylic acids is 1. The zero-order chi connectivity index (χ0) is 20.3. The maximum Gasteiger partial charge on any atom is 0.223 e. The van der Waals surface area contributed by atoms with Crippen molar-refractivity contribution >= 4 is 22.8 Å². The van der Waals surface area contributed by atoms with Gasteiger partial charge >= 0.3 is 0 Å². The standard InChI is InChI=1S/C22H27N7O/c30-20(13-15-3-1-2-4-15)29-11-7-16(8-12-29)18-6-5-17-21(27-28-22(17)26-18)25-14-19-23-9-10-24-19/h1,3,5-6,9-10,15-16H,2,4,7-8,11-14H2,(H,23,24)(H2,25,26,27,28)/t15-/m0/s1. The van der Waals surface area contributed by atoms with Gasteiger partial charge in [-0.3, -0.25) is 9.89 Å². The Morgan fingerprint density at radius 1 is 1.23 bits per heavy atom. The minimum Gasteiger partial charge on any atom is -0.361 e. The number of hydrogen-bond acceptors (Lipinski definition) is 5. The molecule has 4 heterocycles. The molecule has 156 valence electrons. The van der Waals surface area contributed by atoms with E-state index in [2.05, 4.69) is 49.8 Å². The monoisotopic (exact) mass is 405 g/mol. The maximum atomic E-state index is 12.6. The van der Waals surface area contributed by atoms with Gasteiger partial charge in [-0.1, -0.05) is 12.2 Å². The minimum absolute atomic E-state index is 0.300. The van der Waals surface area contributed by atoms with Crippen LogP contribution in [0.15, 0.2) is 36.7 Å². The van der Waals surface area contributed by atoms with E-state index >= 15 is 0 Å². The Morgan fingerprint density at radius 2 is 2.13 bits per heavy atom. The molecule has 1 aliphatic heterocycles. The third kappa shape index (κ3) is 3.94. The van der Waals surface area contributed by atoms with Crippen molar-refractivity contribution in [2.75, 3.05) is 18.4 Å². The molecule has 1 saturated heterocycles. The Bertz CT molecular complexity index is 1030. The predicted octanol–water partition coefficient (Wildman–Crippen LogP) is 3.36. The molecule has 5 rings (SSSR count). The smallest absolute Gasteiger partial charge is 0.223 e. The van der Waals surface area contributed by atoms with E-state index < -0.39 is 0 Å². The van der Waals surface area contributed by atoms with E-state index in [-0.39, 0.29) is 0 Å². The Kier molecular flexibility index (Phi) is 5.21. The quantitative estimate of drug-likeness (QED) is 0.546. The van der Waals surface area contributed by atoms with Crippen LogP contribution in [0.3, 0.4) is 0 Å². The molecular weight excluding hydrogens is 378 g/mol. The normalized spacial score (nSPS) is 19.6. The summed E-state index contributed by atoms with van der Waals surface area (Å²) in [6, 6.07) is 4.18. The van der Waals surface area contributed by atoms with Crippen LogP contribution in [0.4, 0.5) is 5.82 Å². The van der Waals surface area contributed by atoms with Crippen LogP contribution in [0.25, 0.3) is 11.0 Å². The lowest BCUT2D eigenvalue weighted by molar-refractivity contribution is -0.132. The Balaban J connectivity index is 1.19. The SMILES string of the molecule is O=C(C[C@H]1C=CCC1)N1CCC(c2ccc3c(NCc4ncc[nH]4)n[nH]c3n2)CC1. The first-order chi connectivity index (χ1) is 14.8. The number of nitrogens with zero attached hydrogens (tertiary/aromatic N) is 4. The van der Waals surface area contributed by atoms with E-state index in [0.717, 1.165) is 67.1 Å². The van der Waals surface area contributed by atoms with Gasteiger partial charge in [0.25, 0.3) is 0 Å². The molecule has 0 saturated carbocycles. The third-order valence-electron chi connectivity index (χ3n) is 6.24. The van der Waals surface area contributed by atoms with Gasteiger partial charge in [-0.05, 0) is 43.7 Å². The van der Waals surface area contributed by atoms with Gasteiger partial charge in [0, 0.05) is 43.5 Å². The number of aromatic amines is 2. The van der Waals surface area contributed by atoms with Crippen LogP contribution >= 0.6 is 0 Å². The molecule has 3 N–H and O–H groups in total. The molecule has 2 aliphatic rings. The Hall–Kier alpha value is -3.16. The van der Waals surface area contributed by atoms with Crippen molar-refractivity contribution in [3.05, 3.63) is 48.2 Å². The van der Waals surface area contributed by atoms with Crippen molar-refractivity contribution in [2.24, 2.45) is 5.92 Å². The summed E-state index contributed by atoms with van der Waals surface area (Å²) in [5.41, 5.74) is 1.87. The Morgan fingerprint density at radius 3 is 2.90 bits per heavy atom. The van der Waals surface area contributed by atoms with Crippen LogP contribution in [-0.4, -0.2) is 49.0 Å². The van der Waals surface area contributed by atoms with Crippen LogP contribution in [0.1, 0.15) is 49.5 Å². The molecular formula is C22H27N7O. The number of anilines is 1. The number of H-pyrrole nitrogens is 2. The van der Waals surface area contributed by atoms with Crippen LogP contribution < -0.4 is 5.32 Å². The predicted molar refractivity (Wildman–Crippen MR) is 115 cm³/mol. The number of hydrogen-bond donors (Lipinski definition) is 3. The first kappa shape index (κ1) is 18.8. The van der Waals surface area contributed by atoms with Gasteiger partial charge in [-0.2, -0.15) is 5.10 Å². The van der Waals surface area contributed by atoms with Gasteiger partial charge in [-0.25, -0.2) is 9.97 Å². The number of aromatic nitrogens is 5. The number of fused-ring (bicyclic) bond motifs is 1. The van der Waals surface area contributed by atoms with Gasteiger partial charge < -0.3 is 15.2 Å². The van der Waals surface area contributed by atoms with Crippen LogP contribution in [0, 0.1) is 5.92 Å². The molecule has 1 fully saturated rings. The van der Waals surface area contributed by atoms with Crippen molar-refractivity contribution in [3.8, 4) is 0 Å². The van der Waals surface area contributed by atoms with Gasteiger partial charge in [0.05, 0.1) is 11.9 Å². The second-order valence-corrected chi connectivity index (χ2v) is 8.22. The maximum absolute atomic E-state index is 12.6. The molecule has 8 heteroatoms. The number of pyridine rings is 1. The molecule has 1 amide bonds. The molecule has 0 bridgehead atoms. The highest BCUT2D eigenvalue weighted by Crippen LogP contribution is 2.30. The molecule has 3 aromatic heterocycles. The van der Waals surface area contributed by atoms with E-state index in [1.165, 1.54) is 0 Å². The minimum atomic E-state index is 0.300. The van der Waals surface area contributed by atoms with Crippen LogP contribution in [0.5, 0.6) is 0 Å². The molecule has 3 aromatic rings. The average molecular weight is 406 g/mol. The molecule has 8 nitrogen and oxygen atoms in total. The molecule has 1 aliphatic carbocycles. The summed E-state index contributed by atoms with van der Waals surface area (Å²) in [5, 5.41) is 11.7. The lowest BCUT2D eigenvalue weighted by Gasteiger charge is -2.32. The van der Waals surface area contributed by atoms with Crippen molar-refractivity contribution in [3.63, 3.8) is 0 Å². The zero-order valence-corrected chi connectivity index (χ0v) is 17.0. The summed E-state index contributed by atoms with van der Waals surface area (Å²) in [4.78, 5) is 26.7. The topological polar surface area (TPSA) is 103 Å². The second kappa shape index (κ2) is 8.30. The Labute approximate surface area is 175 Å². The molecule has 30 heavy (non-hydrogen) atoms. The first-order valence-electron chi connectivity index (χ1n) is 10.8. The number of piperidine rings is 1. The van der Waals surface area contributed by atoms with Gasteiger partial charge in [-0.15, -0.1) is 0 Å². The van der Waals surface area contributed by atoms with E-state index in [4.69, 9.17) is 4.98 Å². The number of allylic oxidation sites excluding steroid dienone is 2. The zero-order valence-electron chi connectivity index (χ0n) is 17.0. The fourth-order valence-electron chi connectivity index (χ4n) is 4.49. The summed E-state index contributed by atoms with van der Waals surface area (Å²) in [6.45, 7) is 2.22. The highest BCUT2D eigenvalue weighted by molar-refractivity contribution is 5.87. The number of rotatable bonds is 6. The molecule has 1 atom stereocenters. The van der Waals surface area contributed by atoms with E-state index in [1.54, 1.807) is 12.4 Å². The molecule has 0 radical (unpaired) electrons. The van der Waals surface area contributed by atoms with E-state index in [9.17, 15) is 4.79 Å². The first-order valence-corrected chi connectivity index (χ1v) is 10.8. The van der Waals surface area contributed by atoms with Crippen molar-refractivity contribution in [1.82, 2.24) is 30.0 Å². The summed E-state index contributed by atoms with van der Waals surface area (Å²) in [6.07, 6.45) is 12.7. The van der Waals surface area contributed by atoms with Crippen molar-refractivity contribution in [2.45, 2.75) is 44.6 Å². The fourth-order valence-corrected chi connectivity index (χ4v) is 4.49. The van der Waals surface area contributed by atoms with Gasteiger partial charge in [0.15, 0.2) is 11.5 Å². The lowest BCUT2D eigenvalue weighted by Crippen LogP contribution is -2.38. The number of imidazole rings is 1. The highest BCUT2D eigenvalue weighted by atomic mass is 16.2. The van der Waals surface area contributed by atoms with Gasteiger partial charge in [0.2, 0.25) is 5.91 Å². The van der Waals surface area contributed by atoms with Crippen molar-refractivity contribution in [1.29, 1.82) is 0 Å². The lowest BCUT2D eigenvalue weighted by atomic mass is 9.92. The van der Waals surface area contributed by atoms with Crippen LogP contribution in [0.2, 0.25) is 0 Å². The summed E-state index contributed by atoms with van der Waals surface area (Å²) in [5.74, 6) is 2.76. The second-order valence-electron chi connectivity index (χ2n) is 8.22. The fraction of sp³-hybridized carbons (Fsp3) is 0.455. The van der Waals surface area contributed by atoms with Crippen molar-refractivity contribution < 1.29 is 4.79 Å². The van der Waals surface area contributed by atoms with E-state index in [1.807, 2.05) is 4.90 Å². The third-order valence-corrected chi connectivity index (χ3v) is 6.24. The number of likely N-dealkylation sites (tertiary alicyclic amines) is 1.